The third kappa shape index (κ3) is 6.74. The lowest BCUT2D eigenvalue weighted by Gasteiger charge is -2.34. The maximum atomic E-state index is 13.2. The van der Waals surface area contributed by atoms with E-state index in [1.807, 2.05) is 13.8 Å². The Balaban J connectivity index is 1.85. The summed E-state index contributed by atoms with van der Waals surface area (Å²) in [5.74, 6) is -1.79. The maximum Gasteiger partial charge on any atom is 0.309 e. The maximum absolute atomic E-state index is 13.2. The molecule has 3 N–H and O–H groups in total. The Bertz CT molecular complexity index is 979. The van der Waals surface area contributed by atoms with E-state index in [-0.39, 0.29) is 29.4 Å². The Morgan fingerprint density at radius 1 is 1.28 bits per heavy atom. The molecule has 0 saturated carbocycles. The number of hydrogen-bond donors (Lipinski definition) is 3. The molecule has 202 valence electrons. The van der Waals surface area contributed by atoms with Gasteiger partial charge in [-0.05, 0) is 31.8 Å². The number of Topliss-reactive ketones (excluding diaryl/α,β-unsaturated/α-hetero) is 1. The summed E-state index contributed by atoms with van der Waals surface area (Å²) < 4.78 is 11.7. The summed E-state index contributed by atoms with van der Waals surface area (Å²) in [5.41, 5.74) is -1.10. The Labute approximate surface area is 221 Å². The predicted octanol–water partition coefficient (Wildman–Crippen LogP) is 3.84. The molecule has 1 aromatic rings. The van der Waals surface area contributed by atoms with E-state index < -0.39 is 47.6 Å². The number of carbonyl (C=O) groups excluding carboxylic acids is 2. The molecule has 0 amide bonds. The van der Waals surface area contributed by atoms with Gasteiger partial charge in [0.1, 0.15) is 16.9 Å². The molecule has 7 atom stereocenters. The van der Waals surface area contributed by atoms with Crippen molar-refractivity contribution in [2.45, 2.75) is 103 Å². The monoisotopic (exact) mass is 543 g/mol. The van der Waals surface area contributed by atoms with Crippen molar-refractivity contribution < 1.29 is 34.4 Å². The number of halogens is 1. The highest BCUT2D eigenvalue weighted by Gasteiger charge is 2.53. The quantitative estimate of drug-likeness (QED) is 0.387. The second kappa shape index (κ2) is 11.6. The number of fused-ring (bicyclic) bond motifs is 1. The summed E-state index contributed by atoms with van der Waals surface area (Å²) in [6, 6.07) is 0. The van der Waals surface area contributed by atoms with Crippen LogP contribution >= 0.6 is 22.9 Å². The van der Waals surface area contributed by atoms with Crippen LogP contribution < -0.4 is 0 Å². The van der Waals surface area contributed by atoms with Crippen molar-refractivity contribution in [1.82, 2.24) is 4.98 Å². The summed E-state index contributed by atoms with van der Waals surface area (Å²) in [6.45, 7) is 8.59. The van der Waals surface area contributed by atoms with Gasteiger partial charge in [0.2, 0.25) is 0 Å². The molecule has 0 radical (unpaired) electrons. The normalized spacial score (nSPS) is 36.8. The van der Waals surface area contributed by atoms with E-state index in [1.54, 1.807) is 32.2 Å². The van der Waals surface area contributed by atoms with Crippen LogP contribution in [0.2, 0.25) is 0 Å². The lowest BCUT2D eigenvalue weighted by Crippen LogP contribution is -2.45. The lowest BCUT2D eigenvalue weighted by molar-refractivity contribution is -0.154. The van der Waals surface area contributed by atoms with Crippen molar-refractivity contribution in [2.24, 2.45) is 17.3 Å². The summed E-state index contributed by atoms with van der Waals surface area (Å²) >= 11 is 7.89. The minimum atomic E-state index is -1.30. The topological polar surface area (TPSA) is 129 Å². The van der Waals surface area contributed by atoms with Crippen molar-refractivity contribution >= 4 is 40.8 Å². The van der Waals surface area contributed by atoms with Gasteiger partial charge < -0.3 is 24.8 Å². The fourth-order valence-electron chi connectivity index (χ4n) is 4.88. The van der Waals surface area contributed by atoms with Gasteiger partial charge in [0, 0.05) is 17.7 Å². The average molecular weight is 544 g/mol. The van der Waals surface area contributed by atoms with Crippen molar-refractivity contribution in [3.05, 3.63) is 21.1 Å². The number of hydrogen-bond acceptors (Lipinski definition) is 9. The first-order valence-corrected chi connectivity index (χ1v) is 13.7. The van der Waals surface area contributed by atoms with E-state index >= 15 is 0 Å². The summed E-state index contributed by atoms with van der Waals surface area (Å²) in [7, 11) is 0. The lowest BCUT2D eigenvalue weighted by atomic mass is 9.73. The molecule has 2 aliphatic rings. The van der Waals surface area contributed by atoms with Gasteiger partial charge in [-0.25, -0.2) is 4.98 Å². The van der Waals surface area contributed by atoms with Crippen LogP contribution in [0.15, 0.2) is 10.4 Å². The molecule has 0 spiro atoms. The van der Waals surface area contributed by atoms with Crippen LogP contribution in [0, 0.1) is 17.3 Å². The Kier molecular flexibility index (Phi) is 9.39. The Hall–Kier alpha value is -1.36. The summed E-state index contributed by atoms with van der Waals surface area (Å²) in [6.07, 6.45) is 0.688. The molecule has 2 saturated heterocycles. The molecule has 8 nitrogen and oxygen atoms in total. The molecule has 0 unspecified atom stereocenters. The van der Waals surface area contributed by atoms with Gasteiger partial charge in [-0.2, -0.15) is 0 Å². The van der Waals surface area contributed by atoms with Crippen molar-refractivity contribution in [1.29, 1.82) is 0 Å². The molecule has 0 aromatic carbocycles. The van der Waals surface area contributed by atoms with Gasteiger partial charge in [-0.15, -0.1) is 11.3 Å². The molecular formula is C26H38ClNO7S. The molecule has 3 heterocycles. The molecule has 2 fully saturated rings. The van der Waals surface area contributed by atoms with E-state index in [0.717, 1.165) is 19.3 Å². The fourth-order valence-corrected chi connectivity index (χ4v) is 5.74. The summed E-state index contributed by atoms with van der Waals surface area (Å²) in [4.78, 5) is 30.3. The largest absolute Gasteiger partial charge is 0.456 e. The third-order valence-corrected chi connectivity index (χ3v) is 8.91. The van der Waals surface area contributed by atoms with Crippen molar-refractivity contribution in [3.63, 3.8) is 0 Å². The highest BCUT2D eigenvalue weighted by molar-refractivity contribution is 7.09. The third-order valence-electron chi connectivity index (χ3n) is 7.70. The van der Waals surface area contributed by atoms with E-state index in [2.05, 4.69) is 4.98 Å². The van der Waals surface area contributed by atoms with Gasteiger partial charge >= 0.3 is 5.97 Å². The molecule has 36 heavy (non-hydrogen) atoms. The zero-order valence-corrected chi connectivity index (χ0v) is 23.1. The minimum Gasteiger partial charge on any atom is -0.456 e. The average Bonchev–Trinajstić information content (AvgIpc) is 3.23. The van der Waals surface area contributed by atoms with Crippen LogP contribution in [0.5, 0.6) is 0 Å². The van der Waals surface area contributed by atoms with Gasteiger partial charge in [0.15, 0.2) is 0 Å². The van der Waals surface area contributed by atoms with E-state index in [0.29, 0.717) is 17.1 Å². The molecule has 10 heteroatoms. The van der Waals surface area contributed by atoms with E-state index in [4.69, 9.17) is 21.1 Å². The molecule has 2 aliphatic heterocycles. The van der Waals surface area contributed by atoms with Crippen LogP contribution in [0.25, 0.3) is 6.08 Å². The predicted molar refractivity (Wildman–Crippen MR) is 137 cm³/mol. The van der Waals surface area contributed by atoms with Crippen LogP contribution in [-0.4, -0.2) is 62.1 Å². The standard InChI is InChI=1S/C26H38ClNO7S/c1-14-7-6-8-26(5)20(35-26)10-18(17(27)9-16-13-36-21(12-29)28-16)34-22(31)11-19(30)25(3,4)24(33)15(2)23(14)32/h9,13-15,18-20,23,29-30,32H,6-8,10-12H2,1-5H3/b17-9-/t14-,15+,18-,19-,20-,23-,26+/m0/s1. The number of ketones is 1. The highest BCUT2D eigenvalue weighted by atomic mass is 35.5. The summed E-state index contributed by atoms with van der Waals surface area (Å²) in [5, 5.41) is 33.5. The second-order valence-corrected chi connectivity index (χ2v) is 12.3. The zero-order valence-electron chi connectivity index (χ0n) is 21.6. The van der Waals surface area contributed by atoms with Gasteiger partial charge in [-0.1, -0.05) is 45.7 Å². The number of aromatic nitrogens is 1. The second-order valence-electron chi connectivity index (χ2n) is 10.9. The number of carbonyl (C=O) groups is 2. The SMILES string of the molecule is C[C@H]1CCC[C@@]2(C)O[C@H]2C[C@@H](/C(Cl)=C/c2csc(CO)n2)OC(=O)C[C@H](O)C(C)(C)C(=O)[C@H](C)[C@H]1O. The number of aliphatic hydroxyl groups is 3. The Morgan fingerprint density at radius 2 is 1.97 bits per heavy atom. The smallest absolute Gasteiger partial charge is 0.309 e. The number of esters is 1. The van der Waals surface area contributed by atoms with Crippen LogP contribution in [0.1, 0.15) is 77.4 Å². The van der Waals surface area contributed by atoms with E-state index in [1.165, 1.54) is 11.3 Å². The minimum absolute atomic E-state index is 0.109. The number of ether oxygens (including phenoxy) is 2. The molecule has 0 aliphatic carbocycles. The fraction of sp³-hybridized carbons (Fsp3) is 0.731. The first-order chi connectivity index (χ1) is 16.8. The highest BCUT2D eigenvalue weighted by Crippen LogP contribution is 2.45. The van der Waals surface area contributed by atoms with Gasteiger partial charge in [0.05, 0.1) is 53.1 Å². The van der Waals surface area contributed by atoms with Gasteiger partial charge in [0.25, 0.3) is 0 Å². The molecular weight excluding hydrogens is 506 g/mol. The first kappa shape index (κ1) is 29.2. The van der Waals surface area contributed by atoms with Gasteiger partial charge in [-0.3, -0.25) is 9.59 Å². The van der Waals surface area contributed by atoms with Crippen molar-refractivity contribution in [3.8, 4) is 0 Å². The van der Waals surface area contributed by atoms with Crippen LogP contribution in [0.3, 0.4) is 0 Å². The Morgan fingerprint density at radius 3 is 2.61 bits per heavy atom. The number of epoxide rings is 1. The number of rotatable bonds is 3. The number of nitrogens with zero attached hydrogens (tertiary/aromatic N) is 1. The zero-order chi connectivity index (χ0) is 26.8. The van der Waals surface area contributed by atoms with E-state index in [9.17, 15) is 24.9 Å². The number of cyclic esters (lactones) is 1. The number of aliphatic hydroxyl groups excluding tert-OH is 3. The molecule has 1 aromatic heterocycles. The molecule has 0 bridgehead atoms. The van der Waals surface area contributed by atoms with Crippen LogP contribution in [0.4, 0.5) is 0 Å². The van der Waals surface area contributed by atoms with Crippen molar-refractivity contribution in [2.75, 3.05) is 0 Å². The molecule has 3 rings (SSSR count). The number of thiazole rings is 1. The first-order valence-electron chi connectivity index (χ1n) is 12.5. The van der Waals surface area contributed by atoms with Crippen LogP contribution in [-0.2, 0) is 25.7 Å².